The van der Waals surface area contributed by atoms with Crippen molar-refractivity contribution in [1.29, 1.82) is 0 Å². The van der Waals surface area contributed by atoms with Gasteiger partial charge in [-0.1, -0.05) is 29.3 Å². The molecule has 0 saturated heterocycles. The third-order valence-corrected chi connectivity index (χ3v) is 4.29. The Bertz CT molecular complexity index is 437. The Hall–Kier alpha value is -0.570. The molecule has 1 aliphatic carbocycles. The van der Waals surface area contributed by atoms with Gasteiger partial charge in [0.2, 0.25) is 0 Å². The first-order chi connectivity index (χ1) is 8.56. The van der Waals surface area contributed by atoms with Crippen LogP contribution in [0.2, 0.25) is 10.0 Å². The largest absolute Gasteiger partial charge is 0.300 e. The maximum Gasteiger partial charge on any atom is 0.133 e. The van der Waals surface area contributed by atoms with E-state index in [9.17, 15) is 4.79 Å². The van der Waals surface area contributed by atoms with Crippen LogP contribution in [0.3, 0.4) is 0 Å². The average molecular weight is 286 g/mol. The number of hydrogen-bond acceptors (Lipinski definition) is 2. The molecule has 0 spiro atoms. The van der Waals surface area contributed by atoms with Crippen LogP contribution < -0.4 is 0 Å². The van der Waals surface area contributed by atoms with Crippen LogP contribution in [0.15, 0.2) is 18.2 Å². The van der Waals surface area contributed by atoms with E-state index in [1.807, 2.05) is 18.2 Å². The monoisotopic (exact) mass is 285 g/mol. The summed E-state index contributed by atoms with van der Waals surface area (Å²) in [5.41, 5.74) is 1.16. The van der Waals surface area contributed by atoms with Crippen LogP contribution >= 0.6 is 23.2 Å². The van der Waals surface area contributed by atoms with Gasteiger partial charge >= 0.3 is 0 Å². The fraction of sp³-hybridized carbons (Fsp3) is 0.500. The Balaban J connectivity index is 1.96. The third kappa shape index (κ3) is 3.47. The van der Waals surface area contributed by atoms with Crippen LogP contribution in [-0.2, 0) is 11.3 Å². The summed E-state index contributed by atoms with van der Waals surface area (Å²) >= 11 is 11.9. The number of carbonyl (C=O) groups is 1. The molecule has 1 aliphatic rings. The number of hydrogen-bond donors (Lipinski definition) is 0. The molecule has 0 radical (unpaired) electrons. The zero-order chi connectivity index (χ0) is 13.1. The summed E-state index contributed by atoms with van der Waals surface area (Å²) in [5.74, 6) is 0.397. The number of Topliss-reactive ketones (excluding diaryl/α,β-unsaturated/α-hetero) is 1. The molecule has 0 unspecified atom stereocenters. The zero-order valence-corrected chi connectivity index (χ0v) is 12.0. The van der Waals surface area contributed by atoms with E-state index in [0.717, 1.165) is 37.8 Å². The Morgan fingerprint density at radius 2 is 1.89 bits per heavy atom. The summed E-state index contributed by atoms with van der Waals surface area (Å²) in [6, 6.07) is 6.24. The molecule has 0 heterocycles. The normalized spacial score (nSPS) is 17.4. The van der Waals surface area contributed by atoms with Crippen molar-refractivity contribution in [3.05, 3.63) is 33.8 Å². The van der Waals surface area contributed by atoms with Crippen molar-refractivity contribution in [3.8, 4) is 0 Å². The van der Waals surface area contributed by atoms with Gasteiger partial charge in [-0.2, -0.15) is 0 Å². The Labute approximate surface area is 118 Å². The van der Waals surface area contributed by atoms with Gasteiger partial charge in [0, 0.05) is 25.4 Å². The van der Waals surface area contributed by atoms with Gasteiger partial charge in [-0.25, -0.2) is 0 Å². The lowest BCUT2D eigenvalue weighted by Gasteiger charge is -2.30. The minimum atomic E-state index is 0.397. The highest BCUT2D eigenvalue weighted by Gasteiger charge is 2.22. The molecule has 0 aliphatic heterocycles. The molecule has 1 aromatic carbocycles. The minimum absolute atomic E-state index is 0.397. The van der Waals surface area contributed by atoms with Crippen molar-refractivity contribution in [3.63, 3.8) is 0 Å². The molecule has 0 bridgehead atoms. The van der Waals surface area contributed by atoms with Crippen molar-refractivity contribution >= 4 is 29.0 Å². The van der Waals surface area contributed by atoms with Gasteiger partial charge in [0.1, 0.15) is 5.78 Å². The number of benzene rings is 1. The molecule has 1 fully saturated rings. The lowest BCUT2D eigenvalue weighted by atomic mass is 9.93. The van der Waals surface area contributed by atoms with Crippen LogP contribution in [-0.4, -0.2) is 23.8 Å². The van der Waals surface area contributed by atoms with E-state index < -0.39 is 0 Å². The van der Waals surface area contributed by atoms with Crippen LogP contribution in [0.5, 0.6) is 0 Å². The second kappa shape index (κ2) is 6.05. The molecular weight excluding hydrogens is 269 g/mol. The van der Waals surface area contributed by atoms with Crippen LogP contribution in [0.1, 0.15) is 31.2 Å². The SMILES string of the molecule is CN(Cc1ccc(Cl)c(Cl)c1)C1CCC(=O)CC1. The van der Waals surface area contributed by atoms with Crippen molar-refractivity contribution in [2.45, 2.75) is 38.3 Å². The van der Waals surface area contributed by atoms with Gasteiger partial charge in [-0.3, -0.25) is 9.69 Å². The molecule has 0 aromatic heterocycles. The highest BCUT2D eigenvalue weighted by Crippen LogP contribution is 2.25. The molecule has 0 atom stereocenters. The fourth-order valence-electron chi connectivity index (χ4n) is 2.42. The molecule has 98 valence electrons. The topological polar surface area (TPSA) is 20.3 Å². The highest BCUT2D eigenvalue weighted by molar-refractivity contribution is 6.42. The van der Waals surface area contributed by atoms with Gasteiger partial charge in [0.05, 0.1) is 10.0 Å². The number of ketones is 1. The van der Waals surface area contributed by atoms with E-state index >= 15 is 0 Å². The fourth-order valence-corrected chi connectivity index (χ4v) is 2.74. The predicted molar refractivity (Wildman–Crippen MR) is 75.2 cm³/mol. The molecule has 0 amide bonds. The highest BCUT2D eigenvalue weighted by atomic mass is 35.5. The van der Waals surface area contributed by atoms with Crippen LogP contribution in [0, 0.1) is 0 Å². The van der Waals surface area contributed by atoms with E-state index in [-0.39, 0.29) is 0 Å². The maximum atomic E-state index is 11.2. The number of nitrogens with zero attached hydrogens (tertiary/aromatic N) is 1. The third-order valence-electron chi connectivity index (χ3n) is 3.55. The first-order valence-corrected chi connectivity index (χ1v) is 6.97. The quantitative estimate of drug-likeness (QED) is 0.839. The standard InChI is InChI=1S/C14H17Cl2NO/c1-17(11-3-5-12(18)6-4-11)9-10-2-7-13(15)14(16)8-10/h2,7-8,11H,3-6,9H2,1H3. The van der Waals surface area contributed by atoms with Gasteiger partial charge in [-0.05, 0) is 37.6 Å². The lowest BCUT2D eigenvalue weighted by molar-refractivity contribution is -0.121. The number of halogens is 2. The molecular formula is C14H17Cl2NO. The Morgan fingerprint density at radius 1 is 1.22 bits per heavy atom. The minimum Gasteiger partial charge on any atom is -0.300 e. The van der Waals surface area contributed by atoms with Crippen molar-refractivity contribution in [2.75, 3.05) is 7.05 Å². The molecule has 4 heteroatoms. The number of rotatable bonds is 3. The smallest absolute Gasteiger partial charge is 0.133 e. The molecule has 2 nitrogen and oxygen atoms in total. The van der Waals surface area contributed by atoms with E-state index in [0.29, 0.717) is 21.9 Å². The summed E-state index contributed by atoms with van der Waals surface area (Å²) in [6.07, 6.45) is 3.38. The molecule has 2 rings (SSSR count). The molecule has 18 heavy (non-hydrogen) atoms. The van der Waals surface area contributed by atoms with Gasteiger partial charge in [0.15, 0.2) is 0 Å². The first-order valence-electron chi connectivity index (χ1n) is 6.22. The van der Waals surface area contributed by atoms with Crippen LogP contribution in [0.4, 0.5) is 0 Å². The van der Waals surface area contributed by atoms with Crippen molar-refractivity contribution in [1.82, 2.24) is 4.90 Å². The van der Waals surface area contributed by atoms with Crippen LogP contribution in [0.25, 0.3) is 0 Å². The van der Waals surface area contributed by atoms with Gasteiger partial charge in [0.25, 0.3) is 0 Å². The van der Waals surface area contributed by atoms with Crippen molar-refractivity contribution < 1.29 is 4.79 Å². The van der Waals surface area contributed by atoms with E-state index in [1.54, 1.807) is 0 Å². The second-order valence-corrected chi connectivity index (χ2v) is 5.75. The van der Waals surface area contributed by atoms with E-state index in [2.05, 4.69) is 11.9 Å². The summed E-state index contributed by atoms with van der Waals surface area (Å²) in [4.78, 5) is 13.5. The van der Waals surface area contributed by atoms with Gasteiger partial charge < -0.3 is 0 Å². The maximum absolute atomic E-state index is 11.2. The van der Waals surface area contributed by atoms with E-state index in [4.69, 9.17) is 23.2 Å². The summed E-state index contributed by atoms with van der Waals surface area (Å²) in [5, 5.41) is 1.19. The molecule has 0 N–H and O–H groups in total. The summed E-state index contributed by atoms with van der Waals surface area (Å²) in [6.45, 7) is 0.843. The summed E-state index contributed by atoms with van der Waals surface area (Å²) < 4.78 is 0. The predicted octanol–water partition coefficient (Wildman–Crippen LogP) is 3.94. The zero-order valence-electron chi connectivity index (χ0n) is 10.5. The summed E-state index contributed by atoms with van der Waals surface area (Å²) in [7, 11) is 2.10. The van der Waals surface area contributed by atoms with Gasteiger partial charge in [-0.15, -0.1) is 0 Å². The molecule has 1 saturated carbocycles. The average Bonchev–Trinajstić information content (AvgIpc) is 2.34. The lowest BCUT2D eigenvalue weighted by Crippen LogP contribution is -2.34. The Morgan fingerprint density at radius 3 is 2.50 bits per heavy atom. The Kier molecular flexibility index (Phi) is 4.66. The molecule has 1 aromatic rings. The first kappa shape index (κ1) is 13.9. The second-order valence-electron chi connectivity index (χ2n) is 4.93. The van der Waals surface area contributed by atoms with Crippen molar-refractivity contribution in [2.24, 2.45) is 0 Å². The number of carbonyl (C=O) groups excluding carboxylic acids is 1. The van der Waals surface area contributed by atoms with E-state index in [1.165, 1.54) is 0 Å².